The van der Waals surface area contributed by atoms with E-state index in [0.717, 1.165) is 0 Å². The van der Waals surface area contributed by atoms with Crippen molar-refractivity contribution in [3.05, 3.63) is 34.9 Å². The van der Waals surface area contributed by atoms with Gasteiger partial charge in [0.25, 0.3) is 12.4 Å². The van der Waals surface area contributed by atoms with Crippen molar-refractivity contribution in [2.24, 2.45) is 0 Å². The Morgan fingerprint density at radius 1 is 1.12 bits per heavy atom. The minimum Gasteiger partial charge on any atom is -0.372 e. The van der Waals surface area contributed by atoms with Crippen LogP contribution >= 0.6 is 0 Å². The predicted octanol–water partition coefficient (Wildman–Crippen LogP) is 3.37. The van der Waals surface area contributed by atoms with Crippen LogP contribution in [0.1, 0.15) is 30.6 Å². The van der Waals surface area contributed by atoms with Gasteiger partial charge in [-0.2, -0.15) is 5.12 Å². The lowest BCUT2D eigenvalue weighted by Gasteiger charge is -2.17. The average Bonchev–Trinajstić information content (AvgIpc) is 2.62. The van der Waals surface area contributed by atoms with Gasteiger partial charge < -0.3 is 13.9 Å². The van der Waals surface area contributed by atoms with Gasteiger partial charge in [0, 0.05) is 13.2 Å². The van der Waals surface area contributed by atoms with Crippen molar-refractivity contribution in [3.63, 3.8) is 0 Å². The van der Waals surface area contributed by atoms with E-state index in [2.05, 4.69) is 0 Å². The Balaban J connectivity index is 2.49. The van der Waals surface area contributed by atoms with Crippen molar-refractivity contribution >= 4 is 15.7 Å². The molecule has 0 saturated carbocycles. The maximum absolute atomic E-state index is 13.7. The maximum Gasteiger partial charge on any atom is 0.284 e. The first-order chi connectivity index (χ1) is 12.3. The molecule has 0 aliphatic heterocycles. The fraction of sp³-hybridized carbons (Fsp3) is 0.533. The summed E-state index contributed by atoms with van der Waals surface area (Å²) in [5.74, 6) is -9.58. The fourth-order valence-corrected chi connectivity index (χ4v) is 2.46. The second-order valence-electron chi connectivity index (χ2n) is 4.80. The number of benzene rings is 1. The molecule has 11 heteroatoms. The molecule has 146 valence electrons. The Morgan fingerprint density at radius 3 is 2.31 bits per heavy atom. The van der Waals surface area contributed by atoms with Gasteiger partial charge in [-0.1, -0.05) is 4.48 Å². The summed E-state index contributed by atoms with van der Waals surface area (Å²) in [5, 5.41) is -0.401. The summed E-state index contributed by atoms with van der Waals surface area (Å²) in [6.45, 7) is 2.95. The number of ether oxygens (including phenoxy) is 2. The number of carbonyl (C=O) groups is 1. The summed E-state index contributed by atoms with van der Waals surface area (Å²) >= 11 is 0. The number of amides is 1. The molecule has 1 rings (SSSR count). The molecule has 0 heterocycles. The molecule has 0 aliphatic rings. The molecule has 0 bridgehead atoms. The third-order valence-corrected chi connectivity index (χ3v) is 3.89. The molecule has 0 spiro atoms. The Bertz CT molecular complexity index is 602. The molecule has 0 aliphatic carbocycles. The van der Waals surface area contributed by atoms with E-state index in [0.29, 0.717) is 19.3 Å². The van der Waals surface area contributed by atoms with E-state index in [4.69, 9.17) is 13.9 Å². The normalized spacial score (nSPS) is 11.2. The first-order valence-corrected chi connectivity index (χ1v) is 8.87. The van der Waals surface area contributed by atoms with Crippen molar-refractivity contribution in [1.29, 1.82) is 0 Å². The van der Waals surface area contributed by atoms with E-state index in [-0.39, 0.29) is 22.3 Å². The number of hydrogen-bond acceptors (Lipinski definition) is 4. The zero-order valence-corrected chi connectivity index (χ0v) is 15.2. The van der Waals surface area contributed by atoms with Gasteiger partial charge in [0.1, 0.15) is 0 Å². The molecule has 26 heavy (non-hydrogen) atoms. The first-order valence-electron chi connectivity index (χ1n) is 7.75. The fourth-order valence-electron chi connectivity index (χ4n) is 1.77. The molecule has 0 fully saturated rings. The van der Waals surface area contributed by atoms with Crippen LogP contribution in [-0.4, -0.2) is 47.0 Å². The Kier molecular flexibility index (Phi) is 9.69. The predicted molar refractivity (Wildman–Crippen MR) is 81.7 cm³/mol. The zero-order chi connectivity index (χ0) is 19.7. The quantitative estimate of drug-likeness (QED) is 0.109. The Morgan fingerprint density at radius 2 is 1.73 bits per heavy atom. The van der Waals surface area contributed by atoms with Gasteiger partial charge in [-0.3, -0.25) is 4.79 Å². The second-order valence-corrected chi connectivity index (χ2v) is 5.83. The molecule has 0 aromatic heterocycles. The second kappa shape index (κ2) is 11.2. The molecular weight excluding hydrogens is 381 g/mol. The van der Waals surface area contributed by atoms with Crippen LogP contribution in [0.4, 0.5) is 22.0 Å². The van der Waals surface area contributed by atoms with Gasteiger partial charge >= 0.3 is 0 Å². The van der Waals surface area contributed by atoms with E-state index in [1.54, 1.807) is 13.8 Å². The highest BCUT2D eigenvalue weighted by molar-refractivity contribution is 6.27. The van der Waals surface area contributed by atoms with Crippen LogP contribution in [0.15, 0.2) is 6.07 Å². The zero-order valence-electron chi connectivity index (χ0n) is 14.2. The number of hydrogen-bond donors (Lipinski definition) is 0. The number of halogens is 5. The summed E-state index contributed by atoms with van der Waals surface area (Å²) in [6, 6.07) is 0.446. The molecule has 1 aromatic carbocycles. The largest absolute Gasteiger partial charge is 0.372 e. The van der Waals surface area contributed by atoms with E-state index < -0.39 is 52.9 Å². The maximum atomic E-state index is 13.7. The monoisotopic (exact) mass is 399 g/mol. The highest BCUT2D eigenvalue weighted by atomic mass is 28.2. The molecule has 1 amide bonds. The van der Waals surface area contributed by atoms with E-state index in [9.17, 15) is 26.8 Å². The van der Waals surface area contributed by atoms with Gasteiger partial charge in [-0.25, -0.2) is 17.6 Å². The van der Waals surface area contributed by atoms with Crippen molar-refractivity contribution in [1.82, 2.24) is 5.12 Å². The molecule has 1 aromatic rings. The standard InChI is InChI=1S/C15H18F5NO4Si/c1-3-23-15(24-4-2)25-26-7-5-6-21(20)14(22)9-8-10(16)12(18)13(19)11(9)17/h8,15H,3-7H2,1-2H3. The van der Waals surface area contributed by atoms with Crippen molar-refractivity contribution in [2.75, 3.05) is 19.8 Å². The highest BCUT2D eigenvalue weighted by Gasteiger charge is 2.26. The van der Waals surface area contributed by atoms with Gasteiger partial charge in [0.05, 0.1) is 12.1 Å². The Labute approximate surface area is 149 Å². The molecule has 0 unspecified atom stereocenters. The van der Waals surface area contributed by atoms with Gasteiger partial charge in [-0.15, -0.1) is 0 Å². The molecular formula is C15H18F5NO4Si. The average molecular weight is 399 g/mol. The molecule has 0 saturated heterocycles. The number of rotatable bonds is 11. The SMILES string of the molecule is CCOC(OCC)O[Si]CCCN(F)C(=O)c1cc(F)c(F)c(F)c1F. The van der Waals surface area contributed by atoms with E-state index in [1.807, 2.05) is 0 Å². The summed E-state index contributed by atoms with van der Waals surface area (Å²) in [5.41, 5.74) is -1.23. The van der Waals surface area contributed by atoms with Crippen LogP contribution in [-0.2, 0) is 13.9 Å². The lowest BCUT2D eigenvalue weighted by Crippen LogP contribution is -2.26. The van der Waals surface area contributed by atoms with E-state index >= 15 is 0 Å². The minimum atomic E-state index is -2.17. The van der Waals surface area contributed by atoms with Crippen LogP contribution in [0.5, 0.6) is 0 Å². The molecule has 5 nitrogen and oxygen atoms in total. The van der Waals surface area contributed by atoms with Crippen molar-refractivity contribution in [2.45, 2.75) is 32.8 Å². The third kappa shape index (κ3) is 6.31. The lowest BCUT2D eigenvalue weighted by molar-refractivity contribution is -0.243. The smallest absolute Gasteiger partial charge is 0.284 e. The summed E-state index contributed by atoms with van der Waals surface area (Å²) in [7, 11) is -0.114. The van der Waals surface area contributed by atoms with Crippen LogP contribution in [0.25, 0.3) is 0 Å². The highest BCUT2D eigenvalue weighted by Crippen LogP contribution is 2.20. The van der Waals surface area contributed by atoms with Gasteiger partial charge in [0.15, 0.2) is 23.3 Å². The van der Waals surface area contributed by atoms with Crippen LogP contribution < -0.4 is 0 Å². The van der Waals surface area contributed by atoms with Gasteiger partial charge in [0.2, 0.25) is 9.76 Å². The summed E-state index contributed by atoms with van der Waals surface area (Å²) in [4.78, 5) is 11.7. The van der Waals surface area contributed by atoms with Crippen molar-refractivity contribution in [3.8, 4) is 0 Å². The molecule has 2 radical (unpaired) electrons. The Hall–Kier alpha value is -1.56. The van der Waals surface area contributed by atoms with Crippen LogP contribution in [0, 0.1) is 23.3 Å². The summed E-state index contributed by atoms with van der Waals surface area (Å²) in [6.07, 6.45) is 0.124. The number of nitrogens with zero attached hydrogens (tertiary/aromatic N) is 1. The first kappa shape index (κ1) is 22.5. The molecule has 0 atom stereocenters. The van der Waals surface area contributed by atoms with Crippen molar-refractivity contribution < 1.29 is 40.7 Å². The van der Waals surface area contributed by atoms with E-state index in [1.165, 1.54) is 0 Å². The number of carbonyl (C=O) groups excluding carboxylic acids is 1. The van der Waals surface area contributed by atoms with Crippen LogP contribution in [0.2, 0.25) is 6.04 Å². The lowest BCUT2D eigenvalue weighted by atomic mass is 10.1. The topological polar surface area (TPSA) is 48.0 Å². The molecule has 0 N–H and O–H groups in total. The van der Waals surface area contributed by atoms with Gasteiger partial charge in [-0.05, 0) is 32.4 Å². The minimum absolute atomic E-state index is 0.113. The third-order valence-electron chi connectivity index (χ3n) is 2.97. The van der Waals surface area contributed by atoms with Crippen LogP contribution in [0.3, 0.4) is 0 Å². The summed E-state index contributed by atoms with van der Waals surface area (Å²) < 4.78 is 81.8.